The number of hydrogen-bond donors (Lipinski definition) is 1. The lowest BCUT2D eigenvalue weighted by Crippen LogP contribution is -2.46. The first kappa shape index (κ1) is 18.8. The second-order valence-electron chi connectivity index (χ2n) is 6.01. The van der Waals surface area contributed by atoms with Crippen molar-refractivity contribution < 1.29 is 13.3 Å². The van der Waals surface area contributed by atoms with Crippen molar-refractivity contribution in [2.75, 3.05) is 17.4 Å². The van der Waals surface area contributed by atoms with Gasteiger partial charge in [0.15, 0.2) is 0 Å². The fourth-order valence-corrected chi connectivity index (χ4v) is 5.00. The Hall–Kier alpha value is -1.97. The molecule has 2 aromatic rings. The van der Waals surface area contributed by atoms with Gasteiger partial charge in [-0.1, -0.05) is 15.9 Å². The maximum atomic E-state index is 13.3. The summed E-state index contributed by atoms with van der Waals surface area (Å²) in [6.45, 7) is 1.49. The average molecular weight is 440 g/mol. The minimum Gasteiger partial charge on any atom is -0.317 e. The van der Waals surface area contributed by atoms with Gasteiger partial charge in [-0.05, 0) is 62.3 Å². The number of nitro groups is 1. The lowest BCUT2D eigenvalue weighted by atomic mass is 10.1. The summed E-state index contributed by atoms with van der Waals surface area (Å²) in [5, 5.41) is 14.1. The van der Waals surface area contributed by atoms with Gasteiger partial charge in [-0.15, -0.1) is 0 Å². The van der Waals surface area contributed by atoms with Gasteiger partial charge >= 0.3 is 0 Å². The largest absolute Gasteiger partial charge is 0.317 e. The summed E-state index contributed by atoms with van der Waals surface area (Å²) >= 11 is 3.37. The molecule has 2 aromatic carbocycles. The van der Waals surface area contributed by atoms with Gasteiger partial charge in [0.1, 0.15) is 0 Å². The fourth-order valence-electron chi connectivity index (χ4n) is 3.03. The summed E-state index contributed by atoms with van der Waals surface area (Å²) < 4.78 is 29.0. The quantitative estimate of drug-likeness (QED) is 0.569. The molecule has 0 bridgehead atoms. The number of benzene rings is 2. The van der Waals surface area contributed by atoms with Crippen molar-refractivity contribution in [1.82, 2.24) is 5.32 Å². The van der Waals surface area contributed by atoms with Crippen molar-refractivity contribution in [3.8, 4) is 0 Å². The lowest BCUT2D eigenvalue weighted by Gasteiger charge is -2.35. The Balaban J connectivity index is 2.03. The van der Waals surface area contributed by atoms with Crippen LogP contribution in [0.15, 0.2) is 57.9 Å². The molecular formula is C17H18BrN3O4S. The van der Waals surface area contributed by atoms with Crippen molar-refractivity contribution >= 4 is 37.3 Å². The molecule has 1 aliphatic rings. The van der Waals surface area contributed by atoms with Crippen LogP contribution >= 0.6 is 15.9 Å². The van der Waals surface area contributed by atoms with Crippen molar-refractivity contribution in [3.63, 3.8) is 0 Å². The van der Waals surface area contributed by atoms with E-state index in [2.05, 4.69) is 21.2 Å². The highest BCUT2D eigenvalue weighted by Crippen LogP contribution is 2.31. The number of nitrogens with one attached hydrogen (secondary N) is 1. The maximum Gasteiger partial charge on any atom is 0.269 e. The van der Waals surface area contributed by atoms with E-state index in [0.29, 0.717) is 18.5 Å². The SMILES string of the molecule is O=[N+]([O-])c1ccc(S(=O)(=O)N(c2ccc(Br)cc2)C2CCNCC2)cc1. The number of rotatable bonds is 5. The minimum atomic E-state index is -3.84. The van der Waals surface area contributed by atoms with Crippen LogP contribution in [0.25, 0.3) is 0 Å². The van der Waals surface area contributed by atoms with Gasteiger partial charge in [-0.2, -0.15) is 0 Å². The van der Waals surface area contributed by atoms with Gasteiger partial charge in [0.2, 0.25) is 0 Å². The number of sulfonamides is 1. The van der Waals surface area contributed by atoms with E-state index in [-0.39, 0.29) is 16.6 Å². The number of non-ortho nitro benzene ring substituents is 1. The Bertz CT molecular complexity index is 879. The molecule has 1 fully saturated rings. The van der Waals surface area contributed by atoms with Crippen LogP contribution in [0.5, 0.6) is 0 Å². The standard InChI is InChI=1S/C17H18BrN3O4S/c18-13-1-3-14(4-2-13)20(15-9-11-19-12-10-15)26(24,25)17-7-5-16(6-8-17)21(22)23/h1-8,15,19H,9-12H2. The lowest BCUT2D eigenvalue weighted by molar-refractivity contribution is -0.384. The van der Waals surface area contributed by atoms with Crippen molar-refractivity contribution in [2.45, 2.75) is 23.8 Å². The molecule has 3 rings (SSSR count). The molecule has 0 atom stereocenters. The first-order valence-corrected chi connectivity index (χ1v) is 10.4. The van der Waals surface area contributed by atoms with Crippen molar-refractivity contribution in [1.29, 1.82) is 0 Å². The van der Waals surface area contributed by atoms with Crippen LogP contribution in [0.2, 0.25) is 0 Å². The molecular weight excluding hydrogens is 422 g/mol. The third kappa shape index (κ3) is 3.89. The molecule has 0 aliphatic carbocycles. The number of hydrogen-bond acceptors (Lipinski definition) is 5. The maximum absolute atomic E-state index is 13.3. The molecule has 26 heavy (non-hydrogen) atoms. The molecule has 1 aliphatic heterocycles. The first-order valence-electron chi connectivity index (χ1n) is 8.15. The molecule has 1 N–H and O–H groups in total. The molecule has 1 saturated heterocycles. The van der Waals surface area contributed by atoms with Crippen LogP contribution in [0.1, 0.15) is 12.8 Å². The highest BCUT2D eigenvalue weighted by Gasteiger charge is 2.32. The van der Waals surface area contributed by atoms with Gasteiger partial charge in [-0.3, -0.25) is 14.4 Å². The topological polar surface area (TPSA) is 92.5 Å². The third-order valence-electron chi connectivity index (χ3n) is 4.33. The number of nitrogens with zero attached hydrogens (tertiary/aromatic N) is 2. The summed E-state index contributed by atoms with van der Waals surface area (Å²) in [7, 11) is -3.84. The molecule has 0 amide bonds. The molecule has 7 nitrogen and oxygen atoms in total. The normalized spacial score (nSPS) is 15.6. The highest BCUT2D eigenvalue weighted by atomic mass is 79.9. The molecule has 0 spiro atoms. The number of anilines is 1. The van der Waals surface area contributed by atoms with Crippen LogP contribution in [-0.4, -0.2) is 32.5 Å². The van der Waals surface area contributed by atoms with Crippen LogP contribution < -0.4 is 9.62 Å². The van der Waals surface area contributed by atoms with E-state index >= 15 is 0 Å². The fraction of sp³-hybridized carbons (Fsp3) is 0.294. The molecule has 9 heteroatoms. The van der Waals surface area contributed by atoms with E-state index in [0.717, 1.165) is 17.6 Å². The van der Waals surface area contributed by atoms with E-state index < -0.39 is 14.9 Å². The van der Waals surface area contributed by atoms with Crippen molar-refractivity contribution in [3.05, 3.63) is 63.1 Å². The minimum absolute atomic E-state index is 0.0459. The zero-order chi connectivity index (χ0) is 18.7. The number of nitro benzene ring substituents is 1. The predicted octanol–water partition coefficient (Wildman–Crippen LogP) is 3.30. The Morgan fingerprint density at radius 2 is 1.62 bits per heavy atom. The monoisotopic (exact) mass is 439 g/mol. The van der Waals surface area contributed by atoms with E-state index in [1.807, 2.05) is 0 Å². The summed E-state index contributed by atoms with van der Waals surface area (Å²) in [6.07, 6.45) is 1.39. The van der Waals surface area contributed by atoms with E-state index in [4.69, 9.17) is 0 Å². The second kappa shape index (κ2) is 7.73. The van der Waals surface area contributed by atoms with Gasteiger partial charge in [0, 0.05) is 22.6 Å². The summed E-state index contributed by atoms with van der Waals surface area (Å²) in [6, 6.07) is 12.0. The molecule has 1 heterocycles. The van der Waals surface area contributed by atoms with E-state index in [1.54, 1.807) is 24.3 Å². The van der Waals surface area contributed by atoms with Crippen LogP contribution in [0.3, 0.4) is 0 Å². The summed E-state index contributed by atoms with van der Waals surface area (Å²) in [5.74, 6) is 0. The molecule has 0 radical (unpaired) electrons. The highest BCUT2D eigenvalue weighted by molar-refractivity contribution is 9.10. The first-order chi connectivity index (χ1) is 12.4. The second-order valence-corrected chi connectivity index (χ2v) is 8.74. The third-order valence-corrected chi connectivity index (χ3v) is 6.75. The number of piperidine rings is 1. The number of halogens is 1. The Morgan fingerprint density at radius 1 is 1.04 bits per heavy atom. The van der Waals surface area contributed by atoms with E-state index in [1.165, 1.54) is 28.6 Å². The van der Waals surface area contributed by atoms with Gasteiger partial charge in [0.25, 0.3) is 15.7 Å². The van der Waals surface area contributed by atoms with Crippen molar-refractivity contribution in [2.24, 2.45) is 0 Å². The molecule has 0 saturated carbocycles. The molecule has 0 unspecified atom stereocenters. The molecule has 138 valence electrons. The van der Waals surface area contributed by atoms with Crippen LogP contribution in [0, 0.1) is 10.1 Å². The Kier molecular flexibility index (Phi) is 5.59. The van der Waals surface area contributed by atoms with E-state index in [9.17, 15) is 18.5 Å². The molecule has 0 aromatic heterocycles. The zero-order valence-corrected chi connectivity index (χ0v) is 16.2. The van der Waals surface area contributed by atoms with Gasteiger partial charge < -0.3 is 5.32 Å². The predicted molar refractivity (Wildman–Crippen MR) is 103 cm³/mol. The average Bonchev–Trinajstić information content (AvgIpc) is 2.64. The van der Waals surface area contributed by atoms with Crippen LogP contribution in [-0.2, 0) is 10.0 Å². The summed E-state index contributed by atoms with van der Waals surface area (Å²) in [5.41, 5.74) is 0.444. The smallest absolute Gasteiger partial charge is 0.269 e. The Morgan fingerprint density at radius 3 is 2.15 bits per heavy atom. The Labute approximate surface area is 160 Å². The van der Waals surface area contributed by atoms with Gasteiger partial charge in [-0.25, -0.2) is 8.42 Å². The summed E-state index contributed by atoms with van der Waals surface area (Å²) in [4.78, 5) is 10.3. The van der Waals surface area contributed by atoms with Crippen LogP contribution in [0.4, 0.5) is 11.4 Å². The van der Waals surface area contributed by atoms with Gasteiger partial charge in [0.05, 0.1) is 15.5 Å². The zero-order valence-electron chi connectivity index (χ0n) is 13.8.